The first-order valence-electron chi connectivity index (χ1n) is 10.4. The molecule has 120 valence electrons. The summed E-state index contributed by atoms with van der Waals surface area (Å²) >= 11 is 0. The summed E-state index contributed by atoms with van der Waals surface area (Å²) in [6.07, 6.45) is 23.6. The van der Waals surface area contributed by atoms with Crippen LogP contribution in [0.2, 0.25) is 0 Å². The molecule has 4 aliphatic rings. The molecule has 4 aliphatic carbocycles. The van der Waals surface area contributed by atoms with Crippen molar-refractivity contribution >= 4 is 0 Å². The van der Waals surface area contributed by atoms with Gasteiger partial charge in [-0.2, -0.15) is 0 Å². The first kappa shape index (κ1) is 14.6. The predicted molar refractivity (Wildman–Crippen MR) is 90.2 cm³/mol. The smallest absolute Gasteiger partial charge is 0.0324 e. The zero-order valence-electron chi connectivity index (χ0n) is 14.1. The lowest BCUT2D eigenvalue weighted by Gasteiger charge is -2.49. The van der Waals surface area contributed by atoms with E-state index in [9.17, 15) is 0 Å². The Labute approximate surface area is 132 Å². The second-order valence-electron chi connectivity index (χ2n) is 8.97. The molecule has 0 aliphatic heterocycles. The van der Waals surface area contributed by atoms with Gasteiger partial charge in [0.25, 0.3) is 0 Å². The Bertz CT molecular complexity index is 321. The molecule has 4 saturated carbocycles. The molecule has 0 aromatic heterocycles. The largest absolute Gasteiger partial charge is 0.0533 e. The second kappa shape index (κ2) is 6.63. The molecule has 4 unspecified atom stereocenters. The molecular formula is C21H36. The summed E-state index contributed by atoms with van der Waals surface area (Å²) in [5.74, 6) is 6.89. The summed E-state index contributed by atoms with van der Waals surface area (Å²) in [5, 5.41) is 0. The molecule has 0 aromatic rings. The minimum absolute atomic E-state index is 1.13. The van der Waals surface area contributed by atoms with Crippen LogP contribution >= 0.6 is 0 Å². The van der Waals surface area contributed by atoms with Crippen LogP contribution in [0.1, 0.15) is 96.3 Å². The first-order valence-corrected chi connectivity index (χ1v) is 10.4. The fraction of sp³-hybridized carbons (Fsp3) is 1.00. The van der Waals surface area contributed by atoms with Gasteiger partial charge in [-0.25, -0.2) is 0 Å². The van der Waals surface area contributed by atoms with Crippen molar-refractivity contribution in [1.29, 1.82) is 0 Å². The van der Waals surface area contributed by atoms with Crippen molar-refractivity contribution in [2.45, 2.75) is 96.3 Å². The fourth-order valence-corrected chi connectivity index (χ4v) is 7.18. The maximum atomic E-state index is 1.62. The predicted octanol–water partition coefficient (Wildman–Crippen LogP) is 6.59. The van der Waals surface area contributed by atoms with Gasteiger partial charge in [-0.1, -0.05) is 77.0 Å². The number of hydrogen-bond donors (Lipinski definition) is 0. The van der Waals surface area contributed by atoms with Crippen LogP contribution in [0.25, 0.3) is 0 Å². The van der Waals surface area contributed by atoms with Crippen LogP contribution in [0.3, 0.4) is 0 Å². The van der Waals surface area contributed by atoms with Gasteiger partial charge in [0.05, 0.1) is 0 Å². The number of rotatable bonds is 2. The van der Waals surface area contributed by atoms with Crippen molar-refractivity contribution in [1.82, 2.24) is 0 Å². The van der Waals surface area contributed by atoms with Gasteiger partial charge in [0.2, 0.25) is 0 Å². The molecule has 0 bridgehead atoms. The minimum atomic E-state index is 1.13. The topological polar surface area (TPSA) is 0 Å². The van der Waals surface area contributed by atoms with Crippen molar-refractivity contribution in [3.63, 3.8) is 0 Å². The Balaban J connectivity index is 1.54. The van der Waals surface area contributed by atoms with Crippen molar-refractivity contribution in [2.24, 2.45) is 35.5 Å². The fourth-order valence-electron chi connectivity index (χ4n) is 7.18. The van der Waals surface area contributed by atoms with Gasteiger partial charge in [0.15, 0.2) is 0 Å². The summed E-state index contributed by atoms with van der Waals surface area (Å²) in [6, 6.07) is 0. The lowest BCUT2D eigenvalue weighted by Crippen LogP contribution is -2.41. The minimum Gasteiger partial charge on any atom is -0.0533 e. The van der Waals surface area contributed by atoms with E-state index in [2.05, 4.69) is 0 Å². The molecule has 0 nitrogen and oxygen atoms in total. The van der Waals surface area contributed by atoms with Crippen molar-refractivity contribution < 1.29 is 0 Å². The molecule has 0 radical (unpaired) electrons. The normalized spacial score (nSPS) is 42.9. The van der Waals surface area contributed by atoms with Crippen LogP contribution in [-0.2, 0) is 0 Å². The maximum absolute atomic E-state index is 1.62. The van der Waals surface area contributed by atoms with Gasteiger partial charge in [-0.15, -0.1) is 0 Å². The second-order valence-corrected chi connectivity index (χ2v) is 8.97. The van der Waals surface area contributed by atoms with Gasteiger partial charge in [0.1, 0.15) is 0 Å². The van der Waals surface area contributed by atoms with E-state index in [0.717, 1.165) is 35.5 Å². The molecule has 4 rings (SSSR count). The van der Waals surface area contributed by atoms with Crippen LogP contribution in [0.15, 0.2) is 0 Å². The average Bonchev–Trinajstić information content (AvgIpc) is 3.04. The van der Waals surface area contributed by atoms with E-state index in [-0.39, 0.29) is 0 Å². The summed E-state index contributed by atoms with van der Waals surface area (Å²) in [7, 11) is 0. The van der Waals surface area contributed by atoms with Gasteiger partial charge >= 0.3 is 0 Å². The van der Waals surface area contributed by atoms with E-state index in [0.29, 0.717) is 0 Å². The zero-order chi connectivity index (χ0) is 14.1. The monoisotopic (exact) mass is 288 g/mol. The van der Waals surface area contributed by atoms with Gasteiger partial charge in [0, 0.05) is 0 Å². The first-order chi connectivity index (χ1) is 10.4. The van der Waals surface area contributed by atoms with E-state index in [1.165, 1.54) is 12.8 Å². The highest BCUT2D eigenvalue weighted by atomic mass is 14.5. The summed E-state index contributed by atoms with van der Waals surface area (Å²) < 4.78 is 0. The van der Waals surface area contributed by atoms with E-state index >= 15 is 0 Å². The quantitative estimate of drug-likeness (QED) is 0.537. The molecule has 4 fully saturated rings. The molecule has 0 heteroatoms. The highest BCUT2D eigenvalue weighted by molar-refractivity contribution is 4.96. The van der Waals surface area contributed by atoms with E-state index in [1.807, 2.05) is 0 Å². The summed E-state index contributed by atoms with van der Waals surface area (Å²) in [4.78, 5) is 0. The molecule has 21 heavy (non-hydrogen) atoms. The molecule has 0 heterocycles. The zero-order valence-corrected chi connectivity index (χ0v) is 14.1. The summed E-state index contributed by atoms with van der Waals surface area (Å²) in [6.45, 7) is 0. The van der Waals surface area contributed by atoms with Gasteiger partial charge < -0.3 is 0 Å². The van der Waals surface area contributed by atoms with Gasteiger partial charge in [-0.3, -0.25) is 0 Å². The molecular weight excluding hydrogens is 252 g/mol. The highest BCUT2D eigenvalue weighted by Gasteiger charge is 2.47. The molecule has 0 aromatic carbocycles. The van der Waals surface area contributed by atoms with E-state index < -0.39 is 0 Å². The van der Waals surface area contributed by atoms with Crippen LogP contribution in [0, 0.1) is 35.5 Å². The van der Waals surface area contributed by atoms with Crippen LogP contribution < -0.4 is 0 Å². The van der Waals surface area contributed by atoms with Crippen LogP contribution in [0.5, 0.6) is 0 Å². The number of hydrogen-bond acceptors (Lipinski definition) is 0. The average molecular weight is 289 g/mol. The van der Waals surface area contributed by atoms with Gasteiger partial charge in [-0.05, 0) is 54.8 Å². The van der Waals surface area contributed by atoms with E-state index in [4.69, 9.17) is 0 Å². The third-order valence-corrected chi connectivity index (χ3v) is 8.03. The SMILES string of the molecule is C1CCC(C2CCC3CCCC3C2C2CCCCC2)CC1. The van der Waals surface area contributed by atoms with Crippen LogP contribution in [0.4, 0.5) is 0 Å². The van der Waals surface area contributed by atoms with E-state index in [1.54, 1.807) is 83.5 Å². The Morgan fingerprint density at radius 2 is 0.857 bits per heavy atom. The molecule has 0 spiro atoms. The maximum Gasteiger partial charge on any atom is -0.0324 e. The standard InChI is InChI=1S/C21H36/c1-3-8-16(9-4-1)20-15-14-17-12-7-13-19(17)21(20)18-10-5-2-6-11-18/h16-21H,1-15H2. The third kappa shape index (κ3) is 2.93. The summed E-state index contributed by atoms with van der Waals surface area (Å²) in [5.41, 5.74) is 0. The lowest BCUT2D eigenvalue weighted by atomic mass is 9.56. The van der Waals surface area contributed by atoms with Crippen molar-refractivity contribution in [3.05, 3.63) is 0 Å². The molecule has 0 saturated heterocycles. The highest BCUT2D eigenvalue weighted by Crippen LogP contribution is 2.56. The molecule has 0 amide bonds. The number of fused-ring (bicyclic) bond motifs is 1. The Morgan fingerprint density at radius 1 is 0.333 bits per heavy atom. The molecule has 4 atom stereocenters. The lowest BCUT2D eigenvalue weighted by molar-refractivity contribution is 0.00318. The van der Waals surface area contributed by atoms with Crippen LogP contribution in [-0.4, -0.2) is 0 Å². The van der Waals surface area contributed by atoms with Crippen molar-refractivity contribution in [3.8, 4) is 0 Å². The third-order valence-electron chi connectivity index (χ3n) is 8.03. The Morgan fingerprint density at radius 3 is 1.57 bits per heavy atom. The Hall–Kier alpha value is 0. The molecule has 0 N–H and O–H groups in total. The van der Waals surface area contributed by atoms with Crippen molar-refractivity contribution in [2.75, 3.05) is 0 Å². The Kier molecular flexibility index (Phi) is 4.60.